The summed E-state index contributed by atoms with van der Waals surface area (Å²) in [6.45, 7) is 1.19. The normalized spacial score (nSPS) is 10.1. The van der Waals surface area contributed by atoms with E-state index in [4.69, 9.17) is 14.2 Å². The third-order valence-corrected chi connectivity index (χ3v) is 3.32. The average Bonchev–Trinajstić information content (AvgIpc) is 2.61. The van der Waals surface area contributed by atoms with Gasteiger partial charge in [0.1, 0.15) is 17.3 Å². The van der Waals surface area contributed by atoms with Gasteiger partial charge in [0.15, 0.2) is 6.61 Å². The molecule has 0 fully saturated rings. The lowest BCUT2D eigenvalue weighted by atomic mass is 10.2. The van der Waals surface area contributed by atoms with E-state index in [-0.39, 0.29) is 11.3 Å². The number of benzene rings is 2. The zero-order valence-corrected chi connectivity index (χ0v) is 14.1. The highest BCUT2D eigenvalue weighted by atomic mass is 19.1. The molecule has 0 spiro atoms. The zero-order valence-electron chi connectivity index (χ0n) is 14.1. The van der Waals surface area contributed by atoms with Crippen molar-refractivity contribution >= 4 is 17.6 Å². The van der Waals surface area contributed by atoms with Crippen LogP contribution in [0, 0.1) is 12.7 Å². The van der Waals surface area contributed by atoms with Crippen LogP contribution < -0.4 is 14.8 Å². The number of hydrogen-bond donors (Lipinski definition) is 1. The molecule has 1 amide bonds. The number of carbonyl (C=O) groups excluding carboxylic acids is 2. The largest absolute Gasteiger partial charge is 0.497 e. The van der Waals surface area contributed by atoms with Crippen LogP contribution in [0.2, 0.25) is 0 Å². The van der Waals surface area contributed by atoms with Crippen molar-refractivity contribution in [1.82, 2.24) is 0 Å². The molecule has 2 aromatic rings. The number of ether oxygens (including phenoxy) is 3. The van der Waals surface area contributed by atoms with Crippen molar-refractivity contribution in [2.24, 2.45) is 0 Å². The summed E-state index contributed by atoms with van der Waals surface area (Å²) in [5.74, 6) is -1.10. The fraction of sp³-hybridized carbons (Fsp3) is 0.222. The molecule has 7 heteroatoms. The van der Waals surface area contributed by atoms with E-state index in [0.29, 0.717) is 11.5 Å². The zero-order chi connectivity index (χ0) is 18.4. The van der Waals surface area contributed by atoms with Crippen LogP contribution in [0.4, 0.5) is 10.1 Å². The van der Waals surface area contributed by atoms with Gasteiger partial charge in [-0.25, -0.2) is 9.18 Å². The van der Waals surface area contributed by atoms with Crippen LogP contribution in [0.1, 0.15) is 15.9 Å². The number of amides is 1. The van der Waals surface area contributed by atoms with E-state index in [1.807, 2.05) is 0 Å². The quantitative estimate of drug-likeness (QED) is 0.813. The van der Waals surface area contributed by atoms with Gasteiger partial charge in [-0.1, -0.05) is 6.07 Å². The lowest BCUT2D eigenvalue weighted by molar-refractivity contribution is -0.119. The number of aryl methyl sites for hydroxylation is 1. The molecule has 6 nitrogen and oxygen atoms in total. The first-order valence-electron chi connectivity index (χ1n) is 7.39. The first-order valence-corrected chi connectivity index (χ1v) is 7.39. The monoisotopic (exact) mass is 347 g/mol. The Kier molecular flexibility index (Phi) is 5.94. The van der Waals surface area contributed by atoms with Gasteiger partial charge in [-0.05, 0) is 36.8 Å². The molecule has 25 heavy (non-hydrogen) atoms. The van der Waals surface area contributed by atoms with E-state index in [1.54, 1.807) is 19.1 Å². The second-order valence-corrected chi connectivity index (χ2v) is 5.21. The summed E-state index contributed by atoms with van der Waals surface area (Å²) in [7, 11) is 2.90. The van der Waals surface area contributed by atoms with Crippen molar-refractivity contribution < 1.29 is 28.2 Å². The minimum atomic E-state index is -0.725. The first kappa shape index (κ1) is 18.3. The highest BCUT2D eigenvalue weighted by Gasteiger charge is 2.14. The highest BCUT2D eigenvalue weighted by Crippen LogP contribution is 2.23. The standard InChI is InChI=1S/C18H18FNO5/c1-11-4-5-16(15(19)6-11)20-17(21)10-25-18(22)12-7-13(23-2)9-14(8-12)24-3/h4-9H,10H2,1-3H3,(H,20,21). The third-order valence-electron chi connectivity index (χ3n) is 3.32. The van der Waals surface area contributed by atoms with Gasteiger partial charge in [-0.2, -0.15) is 0 Å². The summed E-state index contributed by atoms with van der Waals surface area (Å²) < 4.78 is 28.8. The second kappa shape index (κ2) is 8.14. The number of esters is 1. The Hall–Kier alpha value is -3.09. The highest BCUT2D eigenvalue weighted by molar-refractivity contribution is 5.96. The number of rotatable bonds is 6. The fourth-order valence-electron chi connectivity index (χ4n) is 2.05. The number of halogens is 1. The minimum absolute atomic E-state index is 0.0229. The molecule has 0 aliphatic rings. The van der Waals surface area contributed by atoms with Gasteiger partial charge >= 0.3 is 5.97 Å². The minimum Gasteiger partial charge on any atom is -0.497 e. The molecule has 0 aliphatic heterocycles. The molecule has 0 saturated carbocycles. The lowest BCUT2D eigenvalue weighted by Gasteiger charge is -2.10. The molecule has 2 aromatic carbocycles. The molecular formula is C18H18FNO5. The van der Waals surface area contributed by atoms with Crippen molar-refractivity contribution in [3.05, 3.63) is 53.3 Å². The van der Waals surface area contributed by atoms with Gasteiger partial charge in [-0.3, -0.25) is 4.79 Å². The SMILES string of the molecule is COc1cc(OC)cc(C(=O)OCC(=O)Nc2ccc(C)cc2F)c1. The molecular weight excluding hydrogens is 329 g/mol. The van der Waals surface area contributed by atoms with Crippen molar-refractivity contribution in [1.29, 1.82) is 0 Å². The van der Waals surface area contributed by atoms with Gasteiger partial charge in [0.05, 0.1) is 25.5 Å². The predicted octanol–water partition coefficient (Wildman–Crippen LogP) is 2.95. The van der Waals surface area contributed by atoms with Crippen LogP contribution >= 0.6 is 0 Å². The Morgan fingerprint density at radius 1 is 1.04 bits per heavy atom. The Morgan fingerprint density at radius 3 is 2.24 bits per heavy atom. The van der Waals surface area contributed by atoms with Gasteiger partial charge in [-0.15, -0.1) is 0 Å². The molecule has 0 radical (unpaired) electrons. The molecule has 2 rings (SSSR count). The molecule has 0 aliphatic carbocycles. The molecule has 0 bridgehead atoms. The number of methoxy groups -OCH3 is 2. The van der Waals surface area contributed by atoms with Gasteiger partial charge in [0.2, 0.25) is 0 Å². The number of anilines is 1. The van der Waals surface area contributed by atoms with E-state index < -0.39 is 24.3 Å². The summed E-state index contributed by atoms with van der Waals surface area (Å²) in [6.07, 6.45) is 0. The topological polar surface area (TPSA) is 73.9 Å². The Balaban J connectivity index is 1.98. The van der Waals surface area contributed by atoms with Crippen molar-refractivity contribution in [2.75, 3.05) is 26.1 Å². The number of hydrogen-bond acceptors (Lipinski definition) is 5. The van der Waals surface area contributed by atoms with Crippen molar-refractivity contribution in [2.45, 2.75) is 6.92 Å². The van der Waals surface area contributed by atoms with Crippen LogP contribution in [0.5, 0.6) is 11.5 Å². The summed E-state index contributed by atoms with van der Waals surface area (Å²) >= 11 is 0. The van der Waals surface area contributed by atoms with Crippen LogP contribution in [-0.2, 0) is 9.53 Å². The van der Waals surface area contributed by atoms with E-state index >= 15 is 0 Å². The number of carbonyl (C=O) groups is 2. The third kappa shape index (κ3) is 4.94. The summed E-state index contributed by atoms with van der Waals surface area (Å²) in [5, 5.41) is 2.35. The van der Waals surface area contributed by atoms with Gasteiger partial charge in [0.25, 0.3) is 5.91 Å². The molecule has 132 valence electrons. The lowest BCUT2D eigenvalue weighted by Crippen LogP contribution is -2.21. The fourth-order valence-corrected chi connectivity index (χ4v) is 2.05. The first-order chi connectivity index (χ1) is 11.9. The van der Waals surface area contributed by atoms with E-state index in [0.717, 1.165) is 5.56 Å². The molecule has 0 heterocycles. The average molecular weight is 347 g/mol. The summed E-state index contributed by atoms with van der Waals surface area (Å²) in [6, 6.07) is 8.92. The maximum absolute atomic E-state index is 13.7. The Bertz CT molecular complexity index is 769. The second-order valence-electron chi connectivity index (χ2n) is 5.21. The Labute approximate surface area is 144 Å². The summed E-state index contributed by atoms with van der Waals surface area (Å²) in [5.41, 5.74) is 0.925. The smallest absolute Gasteiger partial charge is 0.338 e. The maximum atomic E-state index is 13.7. The molecule has 0 saturated heterocycles. The summed E-state index contributed by atoms with van der Waals surface area (Å²) in [4.78, 5) is 23.9. The van der Waals surface area contributed by atoms with Gasteiger partial charge < -0.3 is 19.5 Å². The van der Waals surface area contributed by atoms with E-state index in [2.05, 4.69) is 5.32 Å². The Morgan fingerprint density at radius 2 is 1.68 bits per heavy atom. The van der Waals surface area contributed by atoms with Crippen LogP contribution in [-0.4, -0.2) is 32.7 Å². The molecule has 1 N–H and O–H groups in total. The molecule has 0 aromatic heterocycles. The molecule has 0 unspecified atom stereocenters. The molecule has 0 atom stereocenters. The van der Waals surface area contributed by atoms with Crippen molar-refractivity contribution in [3.8, 4) is 11.5 Å². The van der Waals surface area contributed by atoms with Crippen molar-refractivity contribution in [3.63, 3.8) is 0 Å². The van der Waals surface area contributed by atoms with Gasteiger partial charge in [0, 0.05) is 6.07 Å². The number of nitrogens with one attached hydrogen (secondary N) is 1. The predicted molar refractivity (Wildman–Crippen MR) is 89.6 cm³/mol. The van der Waals surface area contributed by atoms with E-state index in [1.165, 1.54) is 38.5 Å². The van der Waals surface area contributed by atoms with E-state index in [9.17, 15) is 14.0 Å². The van der Waals surface area contributed by atoms with Crippen LogP contribution in [0.3, 0.4) is 0 Å². The maximum Gasteiger partial charge on any atom is 0.338 e. The van der Waals surface area contributed by atoms with Crippen LogP contribution in [0.25, 0.3) is 0 Å². The van der Waals surface area contributed by atoms with Crippen LogP contribution in [0.15, 0.2) is 36.4 Å².